The fourth-order valence-electron chi connectivity index (χ4n) is 4.24. The zero-order valence-corrected chi connectivity index (χ0v) is 18.5. The number of carbonyl (C=O) groups excluding carboxylic acids is 1. The highest BCUT2D eigenvalue weighted by Gasteiger charge is 2.24. The van der Waals surface area contributed by atoms with Gasteiger partial charge >= 0.3 is 0 Å². The summed E-state index contributed by atoms with van der Waals surface area (Å²) in [7, 11) is 0. The lowest BCUT2D eigenvalue weighted by Crippen LogP contribution is -2.35. The third-order valence-corrected chi connectivity index (χ3v) is 5.81. The molecule has 0 aliphatic carbocycles. The maximum Gasteiger partial charge on any atom is 0.217 e. The van der Waals surface area contributed by atoms with Crippen LogP contribution in [0.15, 0.2) is 55.0 Å². The summed E-state index contributed by atoms with van der Waals surface area (Å²) in [6.45, 7) is 5.35. The first-order valence-electron chi connectivity index (χ1n) is 11.0. The first-order valence-corrected chi connectivity index (χ1v) is 11.0. The summed E-state index contributed by atoms with van der Waals surface area (Å²) in [4.78, 5) is 27.2. The quantitative estimate of drug-likeness (QED) is 0.616. The van der Waals surface area contributed by atoms with E-state index in [2.05, 4.69) is 39.2 Å². The number of hydrogen-bond acceptors (Lipinski definition) is 5. The van der Waals surface area contributed by atoms with E-state index in [-0.39, 0.29) is 23.7 Å². The summed E-state index contributed by atoms with van der Waals surface area (Å²) < 4.78 is 13.3. The van der Waals surface area contributed by atoms with Crippen LogP contribution in [0.4, 0.5) is 10.1 Å². The molecule has 1 aromatic carbocycles. The summed E-state index contributed by atoms with van der Waals surface area (Å²) >= 11 is 0. The Kier molecular flexibility index (Phi) is 6.73. The van der Waals surface area contributed by atoms with Gasteiger partial charge in [-0.05, 0) is 48.6 Å². The molecule has 1 N–H and O–H groups in total. The highest BCUT2D eigenvalue weighted by molar-refractivity contribution is 5.73. The van der Waals surface area contributed by atoms with Crippen molar-refractivity contribution in [2.45, 2.75) is 45.1 Å². The number of amides is 1. The molecule has 3 heterocycles. The normalized spacial score (nSPS) is 16.7. The van der Waals surface area contributed by atoms with Gasteiger partial charge in [-0.15, -0.1) is 0 Å². The highest BCUT2D eigenvalue weighted by atomic mass is 19.1. The maximum absolute atomic E-state index is 13.3. The lowest BCUT2D eigenvalue weighted by atomic mass is 9.95. The molecular formula is C25H28FN5O. The number of nitrogens with zero attached hydrogens (tertiary/aromatic N) is 4. The monoisotopic (exact) mass is 433 g/mol. The van der Waals surface area contributed by atoms with E-state index in [1.165, 1.54) is 12.1 Å². The molecule has 1 saturated heterocycles. The molecule has 4 rings (SSSR count). The molecule has 0 spiro atoms. The average Bonchev–Trinajstić information content (AvgIpc) is 3.22. The number of halogens is 1. The lowest BCUT2D eigenvalue weighted by Gasteiger charge is -2.21. The predicted molar refractivity (Wildman–Crippen MR) is 122 cm³/mol. The molecular weight excluding hydrogens is 405 g/mol. The number of hydrogen-bond donors (Lipinski definition) is 1. The van der Waals surface area contributed by atoms with Crippen LogP contribution in [0.3, 0.4) is 0 Å². The van der Waals surface area contributed by atoms with Crippen molar-refractivity contribution in [2.75, 3.05) is 18.0 Å². The molecule has 32 heavy (non-hydrogen) atoms. The Morgan fingerprint density at radius 2 is 1.97 bits per heavy atom. The number of pyridine rings is 1. The Morgan fingerprint density at radius 3 is 2.69 bits per heavy atom. The summed E-state index contributed by atoms with van der Waals surface area (Å²) in [5, 5.41) is 3.02. The van der Waals surface area contributed by atoms with Crippen LogP contribution < -0.4 is 10.2 Å². The smallest absolute Gasteiger partial charge is 0.217 e. The van der Waals surface area contributed by atoms with E-state index in [0.29, 0.717) is 6.42 Å². The zero-order chi connectivity index (χ0) is 22.5. The Bertz CT molecular complexity index is 1060. The minimum atomic E-state index is -0.227. The fourth-order valence-corrected chi connectivity index (χ4v) is 4.24. The Hall–Kier alpha value is -3.35. The fraction of sp³-hybridized carbons (Fsp3) is 0.360. The molecule has 1 aliphatic heterocycles. The van der Waals surface area contributed by atoms with Crippen LogP contribution in [0.2, 0.25) is 0 Å². The van der Waals surface area contributed by atoms with Crippen LogP contribution in [-0.4, -0.2) is 40.0 Å². The standard InChI is InChI=1S/C25H28FN5O/c1-17(19-3-5-20(26)6-4-19)11-22-13-25(31-10-7-21(16-31)29-18(2)32)14-23(30-22)12-24-15-27-8-9-28-24/h3-6,8-9,13-15,17,21H,7,10-12,16H2,1-2H3,(H,29,32)/t17-,21+/m1/s1. The predicted octanol–water partition coefficient (Wildman–Crippen LogP) is 3.66. The molecule has 0 bridgehead atoms. The van der Waals surface area contributed by atoms with Crippen molar-refractivity contribution in [3.63, 3.8) is 0 Å². The summed E-state index contributed by atoms with van der Waals surface area (Å²) in [6.07, 6.45) is 7.38. The molecule has 0 saturated carbocycles. The van der Waals surface area contributed by atoms with E-state index < -0.39 is 0 Å². The van der Waals surface area contributed by atoms with Crippen molar-refractivity contribution in [3.8, 4) is 0 Å². The van der Waals surface area contributed by atoms with Crippen molar-refractivity contribution in [2.24, 2.45) is 0 Å². The van der Waals surface area contributed by atoms with Gasteiger partial charge in [-0.2, -0.15) is 0 Å². The van der Waals surface area contributed by atoms with Gasteiger partial charge in [0.25, 0.3) is 0 Å². The van der Waals surface area contributed by atoms with Gasteiger partial charge in [0.15, 0.2) is 0 Å². The largest absolute Gasteiger partial charge is 0.369 e. The van der Waals surface area contributed by atoms with Gasteiger partial charge in [-0.1, -0.05) is 19.1 Å². The highest BCUT2D eigenvalue weighted by Crippen LogP contribution is 2.26. The molecule has 2 atom stereocenters. The summed E-state index contributed by atoms with van der Waals surface area (Å²) in [5.74, 6) is -0.0211. The number of carbonyl (C=O) groups is 1. The van der Waals surface area contributed by atoms with Crippen LogP contribution in [0.25, 0.3) is 0 Å². The molecule has 3 aromatic rings. The number of rotatable bonds is 7. The van der Waals surface area contributed by atoms with Crippen molar-refractivity contribution in [1.29, 1.82) is 0 Å². The third-order valence-electron chi connectivity index (χ3n) is 5.81. The number of benzene rings is 1. The molecule has 1 amide bonds. The van der Waals surface area contributed by atoms with Crippen molar-refractivity contribution < 1.29 is 9.18 Å². The Balaban J connectivity index is 1.58. The Morgan fingerprint density at radius 1 is 1.19 bits per heavy atom. The van der Waals surface area contributed by atoms with Crippen LogP contribution in [0, 0.1) is 5.82 Å². The molecule has 6 nitrogen and oxygen atoms in total. The molecule has 0 unspecified atom stereocenters. The minimum Gasteiger partial charge on any atom is -0.369 e. The molecule has 166 valence electrons. The molecule has 0 radical (unpaired) electrons. The van der Waals surface area contributed by atoms with Gasteiger partial charge in [-0.25, -0.2) is 4.39 Å². The number of nitrogens with one attached hydrogen (secondary N) is 1. The third kappa shape index (κ3) is 5.66. The molecule has 1 fully saturated rings. The molecule has 7 heteroatoms. The van der Waals surface area contributed by atoms with Gasteiger partial charge in [-0.3, -0.25) is 19.7 Å². The van der Waals surface area contributed by atoms with E-state index in [9.17, 15) is 9.18 Å². The maximum atomic E-state index is 13.3. The topological polar surface area (TPSA) is 71.0 Å². The van der Waals surface area contributed by atoms with Crippen LogP contribution in [0.5, 0.6) is 0 Å². The second kappa shape index (κ2) is 9.85. The lowest BCUT2D eigenvalue weighted by molar-refractivity contribution is -0.119. The summed E-state index contributed by atoms with van der Waals surface area (Å²) in [6, 6.07) is 11.1. The second-order valence-electron chi connectivity index (χ2n) is 8.47. The first kappa shape index (κ1) is 21.9. The number of anilines is 1. The second-order valence-corrected chi connectivity index (χ2v) is 8.47. The first-order chi connectivity index (χ1) is 15.5. The van der Waals surface area contributed by atoms with E-state index in [1.807, 2.05) is 12.1 Å². The van der Waals surface area contributed by atoms with Crippen LogP contribution in [-0.2, 0) is 17.6 Å². The summed E-state index contributed by atoms with van der Waals surface area (Å²) in [5.41, 5.74) is 4.98. The van der Waals surface area contributed by atoms with E-state index in [1.54, 1.807) is 25.5 Å². The van der Waals surface area contributed by atoms with Gasteiger partial charge in [0.1, 0.15) is 5.82 Å². The minimum absolute atomic E-state index is 0.00345. The average molecular weight is 434 g/mol. The van der Waals surface area contributed by atoms with Crippen molar-refractivity contribution >= 4 is 11.6 Å². The zero-order valence-electron chi connectivity index (χ0n) is 18.5. The van der Waals surface area contributed by atoms with Gasteiger partial charge in [0.2, 0.25) is 5.91 Å². The van der Waals surface area contributed by atoms with Gasteiger partial charge in [0.05, 0.1) is 5.69 Å². The molecule has 2 aromatic heterocycles. The van der Waals surface area contributed by atoms with E-state index in [4.69, 9.17) is 4.98 Å². The van der Waals surface area contributed by atoms with Crippen LogP contribution >= 0.6 is 0 Å². The SMILES string of the molecule is CC(=O)N[C@H]1CCN(c2cc(Cc3cnccn3)nc(C[C@@H](C)c3ccc(F)cc3)c2)C1. The van der Waals surface area contributed by atoms with Crippen molar-refractivity contribution in [1.82, 2.24) is 20.3 Å². The van der Waals surface area contributed by atoms with Crippen molar-refractivity contribution in [3.05, 3.63) is 83.5 Å². The molecule has 1 aliphatic rings. The van der Waals surface area contributed by atoms with Gasteiger partial charge < -0.3 is 10.2 Å². The van der Waals surface area contributed by atoms with Crippen LogP contribution in [0.1, 0.15) is 48.8 Å². The van der Waals surface area contributed by atoms with Gasteiger partial charge in [0, 0.05) is 68.1 Å². The number of aromatic nitrogens is 3. The van der Waals surface area contributed by atoms with E-state index in [0.717, 1.165) is 54.3 Å². The van der Waals surface area contributed by atoms with E-state index >= 15 is 0 Å². The Labute approximate surface area is 187 Å².